The molecular weight excluding hydrogens is 405 g/mol. The lowest BCUT2D eigenvalue weighted by Crippen LogP contribution is -2.41. The second-order valence-electron chi connectivity index (χ2n) is 6.47. The summed E-state index contributed by atoms with van der Waals surface area (Å²) < 4.78 is 5.98. The van der Waals surface area contributed by atoms with Crippen LogP contribution in [0.4, 0.5) is 0 Å². The lowest BCUT2D eigenvalue weighted by molar-refractivity contribution is 0.0683. The van der Waals surface area contributed by atoms with E-state index in [1.165, 1.54) is 11.9 Å². The molecule has 6 nitrogen and oxygen atoms in total. The van der Waals surface area contributed by atoms with E-state index in [0.29, 0.717) is 38.8 Å². The zero-order chi connectivity index (χ0) is 19.1. The molecule has 0 bridgehead atoms. The van der Waals surface area contributed by atoms with Crippen LogP contribution in [0, 0.1) is 0 Å². The number of nitrogens with zero attached hydrogens (tertiary/aromatic N) is 3. The lowest BCUT2D eigenvalue weighted by atomic mass is 10.1. The van der Waals surface area contributed by atoms with Crippen molar-refractivity contribution in [3.63, 3.8) is 0 Å². The minimum absolute atomic E-state index is 0.0565. The maximum atomic E-state index is 12.9. The van der Waals surface area contributed by atoms with Gasteiger partial charge in [-0.25, -0.2) is 4.40 Å². The van der Waals surface area contributed by atoms with Crippen LogP contribution in [-0.2, 0) is 13.1 Å². The number of carbonyl (C=O) groups excluding carboxylic acids is 1. The summed E-state index contributed by atoms with van der Waals surface area (Å²) in [6, 6.07) is 7.31. The molecule has 0 saturated heterocycles. The first-order valence-electron chi connectivity index (χ1n) is 8.41. The fourth-order valence-electron chi connectivity index (χ4n) is 3.25. The summed E-state index contributed by atoms with van der Waals surface area (Å²) in [5.74, 6) is -0.820. The van der Waals surface area contributed by atoms with Gasteiger partial charge in [-0.3, -0.25) is 9.59 Å². The number of fused-ring (bicyclic) bond motifs is 1. The fourth-order valence-corrected chi connectivity index (χ4v) is 6.00. The van der Waals surface area contributed by atoms with Gasteiger partial charge < -0.3 is 14.6 Å². The minimum atomic E-state index is -0.478. The van der Waals surface area contributed by atoms with E-state index >= 15 is 0 Å². The summed E-state index contributed by atoms with van der Waals surface area (Å²) in [7, 11) is 0.406. The zero-order valence-electron chi connectivity index (χ0n) is 14.5. The van der Waals surface area contributed by atoms with Crippen molar-refractivity contribution in [2.45, 2.75) is 25.0 Å². The van der Waals surface area contributed by atoms with E-state index in [9.17, 15) is 14.7 Å². The number of hydrogen-bond acceptors (Lipinski definition) is 5. The Bertz CT molecular complexity index is 1020. The molecule has 2 aliphatic heterocycles. The van der Waals surface area contributed by atoms with Crippen LogP contribution in [0.1, 0.15) is 33.5 Å². The van der Waals surface area contributed by atoms with Crippen molar-refractivity contribution >= 4 is 43.5 Å². The number of pyridine rings is 1. The molecule has 0 radical (unpaired) electrons. The Morgan fingerprint density at radius 1 is 1.37 bits per heavy atom. The standard InChI is InChI=1S/C18H17ClN3O3PS/c1-10-20-27-18(26-10)13-9-21-5-6-22(8-11-3-2-4-12(19)7-11)17(25)14(21)16(24)15(13)23/h2-4,7,9,18,24,26H,5-6,8H2,1H3. The molecule has 1 aromatic carbocycles. The third kappa shape index (κ3) is 3.51. The maximum Gasteiger partial charge on any atom is 0.274 e. The highest BCUT2D eigenvalue weighted by Crippen LogP contribution is 2.50. The largest absolute Gasteiger partial charge is 0.503 e. The number of rotatable bonds is 3. The van der Waals surface area contributed by atoms with Crippen LogP contribution in [0.2, 0.25) is 5.02 Å². The van der Waals surface area contributed by atoms with Gasteiger partial charge in [-0.15, -0.1) is 0 Å². The molecule has 1 amide bonds. The van der Waals surface area contributed by atoms with Gasteiger partial charge >= 0.3 is 0 Å². The number of carbonyl (C=O) groups is 1. The fraction of sp³-hybridized carbons (Fsp3) is 0.278. The molecule has 2 aliphatic rings. The predicted molar refractivity (Wildman–Crippen MR) is 110 cm³/mol. The first kappa shape index (κ1) is 18.5. The van der Waals surface area contributed by atoms with Crippen LogP contribution < -0.4 is 5.43 Å². The molecule has 0 spiro atoms. The van der Waals surface area contributed by atoms with E-state index in [2.05, 4.69) is 4.40 Å². The van der Waals surface area contributed by atoms with Gasteiger partial charge in [0.2, 0.25) is 5.43 Å². The molecule has 2 atom stereocenters. The summed E-state index contributed by atoms with van der Waals surface area (Å²) in [6.45, 7) is 3.32. The number of benzene rings is 1. The van der Waals surface area contributed by atoms with Crippen LogP contribution in [-0.4, -0.2) is 32.5 Å². The first-order chi connectivity index (χ1) is 12.9. The highest BCUT2D eigenvalue weighted by atomic mass is 35.5. The van der Waals surface area contributed by atoms with Gasteiger partial charge in [0.05, 0.1) is 4.99 Å². The molecule has 2 aromatic rings. The molecule has 0 fully saturated rings. The van der Waals surface area contributed by atoms with Crippen LogP contribution in [0.25, 0.3) is 0 Å². The average molecular weight is 422 g/mol. The molecule has 27 heavy (non-hydrogen) atoms. The zero-order valence-corrected chi connectivity index (χ0v) is 17.0. The number of aromatic nitrogens is 1. The van der Waals surface area contributed by atoms with Crippen LogP contribution in [0.15, 0.2) is 39.7 Å². The monoisotopic (exact) mass is 421 g/mol. The van der Waals surface area contributed by atoms with Crippen molar-refractivity contribution in [3.05, 3.63) is 62.5 Å². The highest BCUT2D eigenvalue weighted by Gasteiger charge is 2.32. The van der Waals surface area contributed by atoms with E-state index < -0.39 is 11.2 Å². The van der Waals surface area contributed by atoms with E-state index in [1.807, 2.05) is 19.1 Å². The maximum absolute atomic E-state index is 12.9. The first-order valence-corrected chi connectivity index (χ1v) is 10.7. The smallest absolute Gasteiger partial charge is 0.274 e. The number of hydrogen-bond donors (Lipinski definition) is 1. The summed E-state index contributed by atoms with van der Waals surface area (Å²) in [5.41, 5.74) is 1.99. The Morgan fingerprint density at radius 3 is 2.89 bits per heavy atom. The third-order valence-corrected chi connectivity index (χ3v) is 7.58. The van der Waals surface area contributed by atoms with Crippen molar-refractivity contribution in [1.29, 1.82) is 0 Å². The van der Waals surface area contributed by atoms with Crippen molar-refractivity contribution < 1.29 is 9.90 Å². The number of aromatic hydroxyl groups is 1. The average Bonchev–Trinajstić information content (AvgIpc) is 3.06. The SMILES string of the molecule is CC1=NSC(c2cn3c(c(O)c2=O)C(=O)N(Cc2cccc(Cl)c2)CC3)P1. The minimum Gasteiger partial charge on any atom is -0.503 e. The highest BCUT2D eigenvalue weighted by molar-refractivity contribution is 8.06. The Kier molecular flexibility index (Phi) is 5.01. The quantitative estimate of drug-likeness (QED) is 0.606. The van der Waals surface area contributed by atoms with Crippen LogP contribution in [0.5, 0.6) is 5.75 Å². The topological polar surface area (TPSA) is 74.9 Å². The Balaban J connectivity index is 1.65. The number of halogens is 1. The van der Waals surface area contributed by atoms with Crippen LogP contribution >= 0.6 is 32.1 Å². The summed E-state index contributed by atoms with van der Waals surface area (Å²) >= 11 is 7.37. The summed E-state index contributed by atoms with van der Waals surface area (Å²) in [6.07, 6.45) is 1.71. The molecular formula is C18H17ClN3O3PS. The molecule has 9 heteroatoms. The molecule has 2 unspecified atom stereocenters. The van der Waals surface area contributed by atoms with Gasteiger partial charge in [0.1, 0.15) is 0 Å². The van der Waals surface area contributed by atoms with Gasteiger partial charge in [-0.05, 0) is 36.6 Å². The van der Waals surface area contributed by atoms with Gasteiger partial charge in [0, 0.05) is 41.9 Å². The van der Waals surface area contributed by atoms with Crippen molar-refractivity contribution in [3.8, 4) is 5.75 Å². The molecule has 1 aromatic heterocycles. The second-order valence-corrected chi connectivity index (χ2v) is 9.78. The summed E-state index contributed by atoms with van der Waals surface area (Å²) in [4.78, 5) is 27.1. The van der Waals surface area contributed by atoms with Gasteiger partial charge in [-0.2, -0.15) is 0 Å². The van der Waals surface area contributed by atoms with Crippen molar-refractivity contribution in [2.24, 2.45) is 4.40 Å². The molecule has 0 saturated carbocycles. The molecule has 3 heterocycles. The Morgan fingerprint density at radius 2 is 2.19 bits per heavy atom. The van der Waals surface area contributed by atoms with E-state index in [4.69, 9.17) is 11.6 Å². The van der Waals surface area contributed by atoms with Gasteiger partial charge in [-0.1, -0.05) is 32.3 Å². The van der Waals surface area contributed by atoms with Gasteiger partial charge in [0.15, 0.2) is 11.4 Å². The predicted octanol–water partition coefficient (Wildman–Crippen LogP) is 3.62. The van der Waals surface area contributed by atoms with Gasteiger partial charge in [0.25, 0.3) is 5.91 Å². The van der Waals surface area contributed by atoms with Crippen molar-refractivity contribution in [1.82, 2.24) is 9.47 Å². The molecule has 140 valence electrons. The molecule has 4 rings (SSSR count). The normalized spacial score (nSPS) is 20.1. The third-order valence-electron chi connectivity index (χ3n) is 4.56. The van der Waals surface area contributed by atoms with Crippen molar-refractivity contribution in [2.75, 3.05) is 6.54 Å². The number of amides is 1. The Labute approximate surface area is 167 Å². The van der Waals surface area contributed by atoms with Crippen LogP contribution in [0.3, 0.4) is 0 Å². The van der Waals surface area contributed by atoms with E-state index in [0.717, 1.165) is 11.0 Å². The molecule has 0 aliphatic carbocycles. The second kappa shape index (κ2) is 7.30. The summed E-state index contributed by atoms with van der Waals surface area (Å²) in [5, 5.41) is 11.1. The van der Waals surface area contributed by atoms with E-state index in [1.54, 1.807) is 27.8 Å². The Hall–Kier alpha value is -1.82. The lowest BCUT2D eigenvalue weighted by Gasteiger charge is -2.31. The van der Waals surface area contributed by atoms with E-state index in [-0.39, 0.29) is 16.6 Å². The molecule has 1 N–H and O–H groups in total.